The number of hydrazine groups is 1. The minimum atomic E-state index is -0.664. The number of nitrogens with zero attached hydrogens (tertiary/aromatic N) is 17. The van der Waals surface area contributed by atoms with E-state index in [1.165, 1.54) is 86.5 Å². The molecule has 0 bridgehead atoms. The Kier molecular flexibility index (Phi) is 35.7. The standard InChI is InChI=1S/C19H16N6O.C16H12N2O.C11H13N3O3.C9H11N5.C9H8N4O2.C9H10N4.C8H8N2O3.C5H13NO/c1-12-7-8-14(19-21-11-22-24-19)9-16(12)25-18(20)15(10-23-25)17(26)13-5-3-2-4-6-13;17-11-14(12-18-15-9-5-2-6-10-15)16(19)13-7-3-1-4-8-13;1-8-4-5-9(6-10(8)14(16)17)11(15)12-7-13(2)3;1-6-2-3-7(4-8(6)13-10)9-11-5-12-14-9;1-6-2-3-7(4-8(6)13(14)15)9-10-5-11-12-9;1-6-2-3-7(4-8(6)10)9-11-5-12-13-9;1-5-2-3-6(8(9)11)4-7(5)10(12)13;1-5(7-4)6(2)3/h2-11H,20H2,1H3,(H,21,22,24);1-10,12,18H;4-7H,1-3H3;2-5,13H,10H2,1H3,(H,11,12,14);2-5H,1H3,(H,10,11,12);2-5H,10H2,1H3,(H,11,12,13);2-4H,1H3,(H2,9,11);5H,1-4H3/b;14-12-;;;;;;. The number of anilines is 4. The number of aromatic amines is 4. The van der Waals surface area contributed by atoms with E-state index in [0.717, 1.165) is 67.8 Å². The Labute approximate surface area is 711 Å². The number of Topliss-reactive ketones (excluding diaryl/α,β-unsaturated/α-hetero) is 1. The number of nitro benzene ring substituents is 3. The van der Waals surface area contributed by atoms with Gasteiger partial charge in [-0.05, 0) is 122 Å². The van der Waals surface area contributed by atoms with Gasteiger partial charge in [-0.2, -0.15) is 35.7 Å². The molecule has 124 heavy (non-hydrogen) atoms. The van der Waals surface area contributed by atoms with Gasteiger partial charge < -0.3 is 37.6 Å². The van der Waals surface area contributed by atoms with Crippen molar-refractivity contribution in [2.45, 2.75) is 54.7 Å². The fraction of sp³-hybridized carbons (Fsp3) is 0.151. The highest BCUT2D eigenvalue weighted by molar-refractivity contribution is 6.12. The minimum absolute atomic E-state index is 0.0732. The number of ketones is 2. The molecule has 14 N–H and O–H groups in total. The van der Waals surface area contributed by atoms with Crippen LogP contribution in [0.1, 0.15) is 87.3 Å². The fourth-order valence-corrected chi connectivity index (χ4v) is 10.4. The zero-order valence-corrected chi connectivity index (χ0v) is 69.6. The molecular weight excluding hydrogens is 1590 g/mol. The lowest BCUT2D eigenvalue weighted by Gasteiger charge is -2.16. The number of aryl methyl sites for hydroxylation is 6. The molecule has 9 aromatic carbocycles. The Morgan fingerprint density at radius 1 is 0.540 bits per heavy atom. The van der Waals surface area contributed by atoms with Crippen molar-refractivity contribution in [1.82, 2.24) is 80.3 Å². The number of nitrogens with one attached hydrogen (secondary N) is 6. The SMILES string of the molecule is COC(C)N(C)C.Cc1ccc(-c2ncn[nH]2)cc1-n1ncc(C(=O)c2ccccc2)c1N.Cc1ccc(-c2ncn[nH]2)cc1N.Cc1ccc(-c2ncn[nH]2)cc1NN.Cc1ccc(-c2ncn[nH]2)cc1[N+](=O)[O-].Cc1ccc(C(=O)N=CN(C)C)cc1[N+](=O)[O-].Cc1ccc(C(N)=O)cc1[N+](=O)[O-].N#C/C(=C/Nc1ccccc1)C(=O)c1ccccc1. The predicted octanol–water partition coefficient (Wildman–Crippen LogP) is 13.5. The van der Waals surface area contributed by atoms with Crippen LogP contribution in [0.2, 0.25) is 0 Å². The normalized spacial score (nSPS) is 10.6. The number of amides is 2. The molecule has 0 saturated carbocycles. The molecule has 14 rings (SSSR count). The highest BCUT2D eigenvalue weighted by Crippen LogP contribution is 2.29. The van der Waals surface area contributed by atoms with Gasteiger partial charge in [-0.15, -0.1) is 0 Å². The molecule has 0 aliphatic carbocycles. The molecule has 38 heteroatoms. The van der Waals surface area contributed by atoms with Gasteiger partial charge >= 0.3 is 0 Å². The van der Waals surface area contributed by atoms with Crippen LogP contribution in [0.3, 0.4) is 0 Å². The first kappa shape index (κ1) is 94.4. The number of nitrogens with two attached hydrogens (primary N) is 4. The number of hydrogen-bond donors (Lipinski definition) is 10. The summed E-state index contributed by atoms with van der Waals surface area (Å²) >= 11 is 0. The van der Waals surface area contributed by atoms with Crippen LogP contribution in [0.5, 0.6) is 0 Å². The van der Waals surface area contributed by atoms with E-state index in [9.17, 15) is 49.5 Å². The van der Waals surface area contributed by atoms with Crippen molar-refractivity contribution in [3.63, 3.8) is 0 Å². The summed E-state index contributed by atoms with van der Waals surface area (Å²) in [6.07, 6.45) is 10.3. The van der Waals surface area contributed by atoms with E-state index < -0.39 is 26.6 Å². The van der Waals surface area contributed by atoms with Crippen LogP contribution in [0.15, 0.2) is 248 Å². The largest absolute Gasteiger partial charge is 0.398 e. The fourth-order valence-electron chi connectivity index (χ4n) is 10.4. The molecule has 0 aliphatic heterocycles. The third-order valence-electron chi connectivity index (χ3n) is 17.7. The van der Waals surface area contributed by atoms with Crippen LogP contribution in [-0.4, -0.2) is 166 Å². The Balaban J connectivity index is 0.000000199. The summed E-state index contributed by atoms with van der Waals surface area (Å²) in [5.74, 6) is 6.73. The number of rotatable bonds is 20. The molecule has 0 aliphatic rings. The summed E-state index contributed by atoms with van der Waals surface area (Å²) in [6.45, 7) is 12.8. The lowest BCUT2D eigenvalue weighted by Crippen LogP contribution is -2.25. The van der Waals surface area contributed by atoms with Crippen LogP contribution < -0.4 is 33.8 Å². The zero-order chi connectivity index (χ0) is 90.5. The van der Waals surface area contributed by atoms with Gasteiger partial charge in [0.2, 0.25) is 11.7 Å². The monoisotopic (exact) mass is 1680 g/mol. The zero-order valence-electron chi connectivity index (χ0n) is 69.6. The number of allylic oxidation sites excluding steroid dienone is 1. The van der Waals surface area contributed by atoms with E-state index in [-0.39, 0.29) is 51.6 Å². The van der Waals surface area contributed by atoms with Crippen LogP contribution in [0, 0.1) is 83.2 Å². The molecule has 0 spiro atoms. The minimum Gasteiger partial charge on any atom is -0.398 e. The van der Waals surface area contributed by atoms with E-state index in [0.29, 0.717) is 56.4 Å². The van der Waals surface area contributed by atoms with Crippen LogP contribution in [0.25, 0.3) is 51.2 Å². The van der Waals surface area contributed by atoms with Crippen molar-refractivity contribution >= 4 is 69.7 Å². The second-order valence-electron chi connectivity index (χ2n) is 27.0. The van der Waals surface area contributed by atoms with Gasteiger partial charge in [0.05, 0.1) is 44.2 Å². The second-order valence-corrected chi connectivity index (χ2v) is 27.0. The number of nitro groups is 3. The predicted molar refractivity (Wildman–Crippen MR) is 472 cm³/mol. The summed E-state index contributed by atoms with van der Waals surface area (Å²) in [5, 5.41) is 74.4. The molecule has 0 radical (unpaired) electrons. The number of ether oxygens (including phenoxy) is 1. The number of carbonyl (C=O) groups is 4. The topological polar surface area (TPSA) is 562 Å². The Bertz CT molecular complexity index is 5980. The van der Waals surface area contributed by atoms with Crippen LogP contribution >= 0.6 is 0 Å². The third-order valence-corrected chi connectivity index (χ3v) is 17.7. The molecule has 636 valence electrons. The molecule has 5 heterocycles. The lowest BCUT2D eigenvalue weighted by atomic mass is 10.1. The van der Waals surface area contributed by atoms with Crippen molar-refractivity contribution in [3.8, 4) is 57.3 Å². The van der Waals surface area contributed by atoms with Gasteiger partial charge in [0.1, 0.15) is 49.0 Å². The number of primary amides is 1. The van der Waals surface area contributed by atoms with E-state index in [4.69, 9.17) is 33.0 Å². The van der Waals surface area contributed by atoms with Crippen LogP contribution in [-0.2, 0) is 4.74 Å². The summed E-state index contributed by atoms with van der Waals surface area (Å²) in [4.78, 5) is 101. The number of nitrogen functional groups attached to an aromatic ring is 3. The highest BCUT2D eigenvalue weighted by atomic mass is 16.6. The maximum absolute atomic E-state index is 12.7. The van der Waals surface area contributed by atoms with Gasteiger partial charge in [0, 0.05) is 118 Å². The molecule has 0 fully saturated rings. The average molecular weight is 1680 g/mol. The van der Waals surface area contributed by atoms with Crippen molar-refractivity contribution in [3.05, 3.63) is 335 Å². The summed E-state index contributed by atoms with van der Waals surface area (Å²) in [6, 6.07) is 59.9. The number of aromatic nitrogens is 14. The molecule has 14 aromatic rings. The number of nitriles is 1. The number of para-hydroxylation sites is 1. The first-order chi connectivity index (χ1) is 59.3. The lowest BCUT2D eigenvalue weighted by molar-refractivity contribution is -0.385. The molecule has 1 unspecified atom stereocenters. The molecule has 0 saturated heterocycles. The van der Waals surface area contributed by atoms with Gasteiger partial charge in [-0.25, -0.2) is 24.6 Å². The molecule has 2 amide bonds. The van der Waals surface area contributed by atoms with E-state index >= 15 is 0 Å². The second kappa shape index (κ2) is 47.0. The number of methoxy groups -OCH3 is 1. The van der Waals surface area contributed by atoms with Gasteiger partial charge in [-0.3, -0.25) is 80.7 Å². The Hall–Kier alpha value is -16.8. The average Bonchev–Trinajstić information content (AvgIpc) is 1.64. The van der Waals surface area contributed by atoms with Crippen molar-refractivity contribution < 1.29 is 38.7 Å². The first-order valence-corrected chi connectivity index (χ1v) is 37.3. The molecule has 38 nitrogen and oxygen atoms in total. The molecule has 5 aromatic heterocycles. The summed E-state index contributed by atoms with van der Waals surface area (Å²) < 4.78 is 6.51. The van der Waals surface area contributed by atoms with E-state index in [2.05, 4.69) is 81.6 Å². The number of benzene rings is 9. The van der Waals surface area contributed by atoms with E-state index in [1.807, 2.05) is 162 Å². The third kappa shape index (κ3) is 27.9. The smallest absolute Gasteiger partial charge is 0.278 e. The maximum atomic E-state index is 12.7. The van der Waals surface area contributed by atoms with E-state index in [1.54, 1.807) is 100 Å². The molecular formula is C86H91N27O11. The first-order valence-electron chi connectivity index (χ1n) is 37.3. The highest BCUT2D eigenvalue weighted by Gasteiger charge is 2.21. The number of hydrogen-bond acceptors (Lipinski definition) is 27. The number of carbonyl (C=O) groups excluding carboxylic acids is 4. The van der Waals surface area contributed by atoms with Crippen molar-refractivity contribution in [2.24, 2.45) is 16.6 Å². The van der Waals surface area contributed by atoms with Gasteiger partial charge in [-0.1, -0.05) is 140 Å². The quantitative estimate of drug-likeness (QED) is 0.00324. The maximum Gasteiger partial charge on any atom is 0.278 e. The number of aliphatic imine (C=N–C) groups is 1. The van der Waals surface area contributed by atoms with Crippen LogP contribution in [0.4, 0.5) is 39.9 Å². The van der Waals surface area contributed by atoms with Crippen molar-refractivity contribution in [2.75, 3.05) is 57.5 Å². The summed E-state index contributed by atoms with van der Waals surface area (Å²) in [7, 11) is 9.12. The summed E-state index contributed by atoms with van der Waals surface area (Å²) in [5.41, 5.74) is 32.9. The Morgan fingerprint density at radius 2 is 0.960 bits per heavy atom. The van der Waals surface area contributed by atoms with Crippen molar-refractivity contribution in [1.29, 1.82) is 5.26 Å². The Morgan fingerprint density at radius 3 is 1.39 bits per heavy atom. The molecule has 1 atom stereocenters. The van der Waals surface area contributed by atoms with Gasteiger partial charge in [0.15, 0.2) is 29.1 Å². The number of H-pyrrole nitrogens is 4. The van der Waals surface area contributed by atoms with Gasteiger partial charge in [0.25, 0.3) is 23.0 Å².